The van der Waals surface area contributed by atoms with Crippen molar-refractivity contribution in [1.29, 1.82) is 0 Å². The van der Waals surface area contributed by atoms with Crippen molar-refractivity contribution >= 4 is 23.3 Å². The summed E-state index contributed by atoms with van der Waals surface area (Å²) in [6.45, 7) is 2.11. The van der Waals surface area contributed by atoms with Crippen molar-refractivity contribution in [2.45, 2.75) is 13.3 Å². The Bertz CT molecular complexity index is 446. The third kappa shape index (κ3) is 3.84. The van der Waals surface area contributed by atoms with Crippen LogP contribution in [0.15, 0.2) is 18.2 Å². The van der Waals surface area contributed by atoms with Gasteiger partial charge in [0.2, 0.25) is 0 Å². The first kappa shape index (κ1) is 12.4. The van der Waals surface area contributed by atoms with Crippen molar-refractivity contribution in [2.75, 3.05) is 12.3 Å². The molecule has 3 nitrogen and oxygen atoms in total. The van der Waals surface area contributed by atoms with E-state index in [9.17, 15) is 4.79 Å². The van der Waals surface area contributed by atoms with E-state index >= 15 is 0 Å². The zero-order valence-electron chi connectivity index (χ0n) is 8.92. The minimum Gasteiger partial charge on any atom is -0.465 e. The minimum absolute atomic E-state index is 0.0545. The second-order valence-corrected chi connectivity index (χ2v) is 3.43. The second kappa shape index (κ2) is 6.04. The van der Waals surface area contributed by atoms with Gasteiger partial charge in [-0.25, -0.2) is 0 Å². The van der Waals surface area contributed by atoms with Crippen LogP contribution in [0.4, 0.5) is 5.69 Å². The lowest BCUT2D eigenvalue weighted by atomic mass is 10.2. The quantitative estimate of drug-likeness (QED) is 0.488. The van der Waals surface area contributed by atoms with Crippen molar-refractivity contribution in [1.82, 2.24) is 0 Å². The van der Waals surface area contributed by atoms with Gasteiger partial charge in [-0.3, -0.25) is 4.79 Å². The van der Waals surface area contributed by atoms with Gasteiger partial charge in [-0.15, -0.1) is 0 Å². The number of carbonyl (C=O) groups is 1. The Hall–Kier alpha value is -1.66. The van der Waals surface area contributed by atoms with E-state index in [4.69, 9.17) is 22.1 Å². The van der Waals surface area contributed by atoms with E-state index in [2.05, 4.69) is 11.8 Å². The first-order valence-corrected chi connectivity index (χ1v) is 5.20. The van der Waals surface area contributed by atoms with Crippen LogP contribution in [0, 0.1) is 11.8 Å². The Balaban J connectivity index is 2.69. The highest BCUT2D eigenvalue weighted by molar-refractivity contribution is 6.31. The number of nitrogens with two attached hydrogens (primary N) is 1. The molecule has 0 saturated carbocycles. The minimum atomic E-state index is -0.338. The van der Waals surface area contributed by atoms with Crippen LogP contribution >= 0.6 is 11.6 Å². The molecule has 0 atom stereocenters. The van der Waals surface area contributed by atoms with E-state index in [1.165, 1.54) is 0 Å². The zero-order chi connectivity index (χ0) is 12.0. The summed E-state index contributed by atoms with van der Waals surface area (Å²) in [5.41, 5.74) is 6.79. The molecule has 0 bridgehead atoms. The highest BCUT2D eigenvalue weighted by atomic mass is 35.5. The van der Waals surface area contributed by atoms with Crippen molar-refractivity contribution in [3.63, 3.8) is 0 Å². The lowest BCUT2D eigenvalue weighted by Crippen LogP contribution is -2.01. The number of carbonyl (C=O) groups excluding carboxylic acids is 1. The Labute approximate surface area is 99.5 Å². The van der Waals surface area contributed by atoms with Gasteiger partial charge in [0.15, 0.2) is 0 Å². The van der Waals surface area contributed by atoms with Gasteiger partial charge in [0, 0.05) is 11.3 Å². The number of nitrogen functional groups attached to an aromatic ring is 1. The summed E-state index contributed by atoms with van der Waals surface area (Å²) in [6, 6.07) is 5.03. The first-order valence-electron chi connectivity index (χ1n) is 4.83. The summed E-state index contributed by atoms with van der Waals surface area (Å²) in [7, 11) is 0. The molecule has 0 heterocycles. The molecule has 0 aliphatic carbocycles. The number of esters is 1. The maximum atomic E-state index is 11.0. The number of rotatable bonds is 2. The monoisotopic (exact) mass is 237 g/mol. The molecule has 0 radical (unpaired) electrons. The van der Waals surface area contributed by atoms with Crippen LogP contribution in [-0.4, -0.2) is 12.6 Å². The lowest BCUT2D eigenvalue weighted by Gasteiger charge is -1.97. The van der Waals surface area contributed by atoms with Crippen LogP contribution in [0.5, 0.6) is 0 Å². The third-order valence-electron chi connectivity index (χ3n) is 1.75. The molecule has 0 aliphatic heterocycles. The van der Waals surface area contributed by atoms with E-state index in [1.807, 2.05) is 0 Å². The molecule has 1 aromatic carbocycles. The van der Waals surface area contributed by atoms with E-state index in [1.54, 1.807) is 25.1 Å². The molecule has 0 fully saturated rings. The molecule has 0 aromatic heterocycles. The molecule has 4 heteroatoms. The van der Waals surface area contributed by atoms with Crippen LogP contribution in [0.2, 0.25) is 5.02 Å². The molecule has 1 rings (SSSR count). The Morgan fingerprint density at radius 3 is 3.00 bits per heavy atom. The maximum absolute atomic E-state index is 11.0. The molecule has 0 aliphatic rings. The molecule has 0 spiro atoms. The van der Waals surface area contributed by atoms with Gasteiger partial charge in [0.1, 0.15) is 6.42 Å². The standard InChI is InChI=1S/C12H12ClNO2/c1-2-16-12(15)5-3-4-9-8-10(14)6-7-11(9)13/h6-8H,2,5,14H2,1H3. The SMILES string of the molecule is CCOC(=O)CC#Cc1cc(N)ccc1Cl. The molecule has 16 heavy (non-hydrogen) atoms. The lowest BCUT2D eigenvalue weighted by molar-refractivity contribution is -0.141. The van der Waals surface area contributed by atoms with E-state index in [-0.39, 0.29) is 12.4 Å². The fraction of sp³-hybridized carbons (Fsp3) is 0.250. The summed E-state index contributed by atoms with van der Waals surface area (Å²) in [4.78, 5) is 11.0. The fourth-order valence-electron chi connectivity index (χ4n) is 1.06. The number of hydrogen-bond donors (Lipinski definition) is 1. The summed E-state index contributed by atoms with van der Waals surface area (Å²) in [6.07, 6.45) is 0.0545. The highest BCUT2D eigenvalue weighted by Gasteiger charge is 1.98. The van der Waals surface area contributed by atoms with Gasteiger partial charge < -0.3 is 10.5 Å². The number of halogens is 1. The predicted octanol–water partition coefficient (Wildman–Crippen LogP) is 2.23. The Morgan fingerprint density at radius 1 is 1.56 bits per heavy atom. The molecule has 0 unspecified atom stereocenters. The average molecular weight is 238 g/mol. The molecule has 0 saturated heterocycles. The van der Waals surface area contributed by atoms with E-state index in [0.717, 1.165) is 0 Å². The summed E-state index contributed by atoms with van der Waals surface area (Å²) < 4.78 is 4.73. The van der Waals surface area contributed by atoms with Gasteiger partial charge >= 0.3 is 5.97 Å². The molecular weight excluding hydrogens is 226 g/mol. The third-order valence-corrected chi connectivity index (χ3v) is 2.08. The van der Waals surface area contributed by atoms with Crippen molar-refractivity contribution in [3.05, 3.63) is 28.8 Å². The molecular formula is C12H12ClNO2. The van der Waals surface area contributed by atoms with E-state index in [0.29, 0.717) is 22.9 Å². The van der Waals surface area contributed by atoms with Crippen LogP contribution in [0.1, 0.15) is 18.9 Å². The van der Waals surface area contributed by atoms with Crippen LogP contribution in [0.25, 0.3) is 0 Å². The Kier molecular flexibility index (Phi) is 4.68. The van der Waals surface area contributed by atoms with Crippen LogP contribution in [-0.2, 0) is 9.53 Å². The van der Waals surface area contributed by atoms with Gasteiger partial charge in [-0.1, -0.05) is 23.4 Å². The number of benzene rings is 1. The Morgan fingerprint density at radius 2 is 2.31 bits per heavy atom. The zero-order valence-corrected chi connectivity index (χ0v) is 9.67. The number of anilines is 1. The molecule has 2 N–H and O–H groups in total. The van der Waals surface area contributed by atoms with Crippen molar-refractivity contribution < 1.29 is 9.53 Å². The molecule has 1 aromatic rings. The smallest absolute Gasteiger partial charge is 0.317 e. The first-order chi connectivity index (χ1) is 7.63. The molecule has 0 amide bonds. The summed E-state index contributed by atoms with van der Waals surface area (Å²) in [5.74, 6) is 5.13. The van der Waals surface area contributed by atoms with E-state index < -0.39 is 0 Å². The van der Waals surface area contributed by atoms with Gasteiger partial charge in [0.05, 0.1) is 11.6 Å². The van der Waals surface area contributed by atoms with Crippen LogP contribution in [0.3, 0.4) is 0 Å². The number of hydrogen-bond acceptors (Lipinski definition) is 3. The second-order valence-electron chi connectivity index (χ2n) is 3.02. The highest BCUT2D eigenvalue weighted by Crippen LogP contribution is 2.17. The van der Waals surface area contributed by atoms with Crippen molar-refractivity contribution in [2.24, 2.45) is 0 Å². The summed E-state index contributed by atoms with van der Waals surface area (Å²) in [5, 5.41) is 0.519. The topological polar surface area (TPSA) is 52.3 Å². The normalized spacial score (nSPS) is 9.12. The van der Waals surface area contributed by atoms with Crippen LogP contribution < -0.4 is 5.73 Å². The van der Waals surface area contributed by atoms with Gasteiger partial charge in [-0.05, 0) is 25.1 Å². The largest absolute Gasteiger partial charge is 0.465 e. The number of ether oxygens (including phenoxy) is 1. The average Bonchev–Trinajstić information content (AvgIpc) is 2.23. The van der Waals surface area contributed by atoms with Gasteiger partial charge in [-0.2, -0.15) is 0 Å². The maximum Gasteiger partial charge on any atom is 0.317 e. The molecule has 84 valence electrons. The predicted molar refractivity (Wildman–Crippen MR) is 64.0 cm³/mol. The van der Waals surface area contributed by atoms with Gasteiger partial charge in [0.25, 0.3) is 0 Å². The van der Waals surface area contributed by atoms with Crippen molar-refractivity contribution in [3.8, 4) is 11.8 Å². The summed E-state index contributed by atoms with van der Waals surface area (Å²) >= 11 is 5.90. The fourth-order valence-corrected chi connectivity index (χ4v) is 1.23.